The van der Waals surface area contributed by atoms with Crippen LogP contribution in [0.5, 0.6) is 5.75 Å². The van der Waals surface area contributed by atoms with Crippen LogP contribution in [0, 0.1) is 10.1 Å². The van der Waals surface area contributed by atoms with E-state index in [0.29, 0.717) is 10.7 Å². The fourth-order valence-corrected chi connectivity index (χ4v) is 2.08. The van der Waals surface area contributed by atoms with Gasteiger partial charge in [-0.2, -0.15) is 5.10 Å². The number of nitrogens with zero attached hydrogens (tertiary/aromatic N) is 3. The van der Waals surface area contributed by atoms with Gasteiger partial charge >= 0.3 is 0 Å². The van der Waals surface area contributed by atoms with Crippen LogP contribution in [-0.2, 0) is 11.3 Å². The summed E-state index contributed by atoms with van der Waals surface area (Å²) in [6, 6.07) is 4.09. The quantitative estimate of drug-likeness (QED) is 0.454. The summed E-state index contributed by atoms with van der Waals surface area (Å²) in [6.45, 7) is -0.824. The Kier molecular flexibility index (Phi) is 5.75. The van der Waals surface area contributed by atoms with Gasteiger partial charge in [-0.15, -0.1) is 0 Å². The van der Waals surface area contributed by atoms with Gasteiger partial charge in [-0.05, 0) is 18.2 Å². The van der Waals surface area contributed by atoms with Gasteiger partial charge in [0.15, 0.2) is 0 Å². The summed E-state index contributed by atoms with van der Waals surface area (Å²) in [5.74, 6) is -0.785. The number of benzene rings is 1. The molecule has 26 heavy (non-hydrogen) atoms. The number of nitro groups is 1. The van der Waals surface area contributed by atoms with Gasteiger partial charge in [0.2, 0.25) is 5.91 Å². The lowest BCUT2D eigenvalue weighted by atomic mass is 10.2. The third kappa shape index (κ3) is 4.26. The number of hydrogen-bond donors (Lipinski definition) is 1. The summed E-state index contributed by atoms with van der Waals surface area (Å²) in [7, 11) is 1.29. The summed E-state index contributed by atoms with van der Waals surface area (Å²) in [6.07, 6.45) is -6.21. The van der Waals surface area contributed by atoms with Crippen molar-refractivity contribution in [1.29, 1.82) is 0 Å². The molecule has 0 aliphatic rings. The number of carbonyl (C=O) groups is 1. The molecule has 8 nitrogen and oxygen atoms in total. The van der Waals surface area contributed by atoms with Crippen molar-refractivity contribution in [3.8, 4) is 5.75 Å². The fourth-order valence-electron chi connectivity index (χ4n) is 2.08. The Morgan fingerprint density at radius 2 is 2.00 bits per heavy atom. The van der Waals surface area contributed by atoms with E-state index in [1.165, 1.54) is 19.2 Å². The lowest BCUT2D eigenvalue weighted by Crippen LogP contribution is -2.21. The zero-order valence-electron chi connectivity index (χ0n) is 13.2. The van der Waals surface area contributed by atoms with Crippen molar-refractivity contribution in [2.45, 2.75) is 19.4 Å². The second kappa shape index (κ2) is 7.80. The molecule has 1 aromatic heterocycles. The highest BCUT2D eigenvalue weighted by Gasteiger charge is 2.23. The van der Waals surface area contributed by atoms with Gasteiger partial charge in [0, 0.05) is 0 Å². The molecular formula is C14H12F4N4O4. The highest BCUT2D eigenvalue weighted by Crippen LogP contribution is 2.29. The lowest BCUT2D eigenvalue weighted by molar-refractivity contribution is -0.384. The Morgan fingerprint density at radius 3 is 2.54 bits per heavy atom. The van der Waals surface area contributed by atoms with Crippen molar-refractivity contribution in [2.24, 2.45) is 0 Å². The average Bonchev–Trinajstić information content (AvgIpc) is 2.99. The molecule has 0 radical (unpaired) electrons. The van der Waals surface area contributed by atoms with Gasteiger partial charge in [-0.25, -0.2) is 17.6 Å². The summed E-state index contributed by atoms with van der Waals surface area (Å²) in [5.41, 5.74) is -2.45. The summed E-state index contributed by atoms with van der Waals surface area (Å²) in [4.78, 5) is 22.3. The minimum absolute atomic E-state index is 0.170. The number of ether oxygens (including phenoxy) is 1. The fraction of sp³-hybridized carbons (Fsp3) is 0.286. The number of alkyl halides is 4. The zero-order valence-corrected chi connectivity index (χ0v) is 13.2. The molecule has 1 aromatic carbocycles. The summed E-state index contributed by atoms with van der Waals surface area (Å²) < 4.78 is 56.3. The second-order valence-electron chi connectivity index (χ2n) is 4.94. The topological polar surface area (TPSA) is 99.3 Å². The number of anilines is 1. The molecule has 0 unspecified atom stereocenters. The maximum Gasteiger partial charge on any atom is 0.296 e. The first-order valence-corrected chi connectivity index (χ1v) is 6.99. The number of halogens is 4. The number of hydrogen-bond acceptors (Lipinski definition) is 5. The van der Waals surface area contributed by atoms with Gasteiger partial charge in [0.1, 0.15) is 29.4 Å². The average molecular weight is 376 g/mol. The van der Waals surface area contributed by atoms with Crippen LogP contribution in [0.15, 0.2) is 24.3 Å². The van der Waals surface area contributed by atoms with Crippen LogP contribution in [-0.4, -0.2) is 27.7 Å². The highest BCUT2D eigenvalue weighted by atomic mass is 19.3. The van der Waals surface area contributed by atoms with Crippen molar-refractivity contribution in [2.75, 3.05) is 12.4 Å². The molecule has 0 saturated heterocycles. The van der Waals surface area contributed by atoms with E-state index < -0.39 is 47.3 Å². The first-order valence-electron chi connectivity index (χ1n) is 6.99. The second-order valence-corrected chi connectivity index (χ2v) is 4.94. The van der Waals surface area contributed by atoms with E-state index in [-0.39, 0.29) is 11.4 Å². The molecule has 0 aliphatic carbocycles. The molecule has 1 N–H and O–H groups in total. The van der Waals surface area contributed by atoms with Crippen LogP contribution in [0.4, 0.5) is 28.9 Å². The molecule has 1 amide bonds. The lowest BCUT2D eigenvalue weighted by Gasteiger charge is -2.09. The van der Waals surface area contributed by atoms with Crippen molar-refractivity contribution < 1.29 is 32.0 Å². The van der Waals surface area contributed by atoms with E-state index in [2.05, 4.69) is 10.4 Å². The zero-order chi connectivity index (χ0) is 19.4. The molecule has 140 valence electrons. The van der Waals surface area contributed by atoms with Gasteiger partial charge in [0.25, 0.3) is 18.5 Å². The number of methoxy groups -OCH3 is 1. The maximum atomic E-state index is 12.9. The van der Waals surface area contributed by atoms with E-state index in [1.54, 1.807) is 0 Å². The monoisotopic (exact) mass is 376 g/mol. The molecule has 0 spiro atoms. The minimum atomic E-state index is -3.13. The molecule has 12 heteroatoms. The largest absolute Gasteiger partial charge is 0.496 e. The third-order valence-corrected chi connectivity index (χ3v) is 3.25. The normalized spacial score (nSPS) is 11.0. The first-order chi connectivity index (χ1) is 12.2. The predicted octanol–water partition coefficient (Wildman–Crippen LogP) is 3.31. The Hall–Kier alpha value is -3.18. The van der Waals surface area contributed by atoms with E-state index in [0.717, 1.165) is 6.07 Å². The number of rotatable bonds is 7. The Labute approximate surface area is 143 Å². The maximum absolute atomic E-state index is 12.9. The van der Waals surface area contributed by atoms with Gasteiger partial charge in [0.05, 0.1) is 18.1 Å². The van der Waals surface area contributed by atoms with Crippen molar-refractivity contribution >= 4 is 17.3 Å². The molecule has 2 rings (SSSR count). The van der Waals surface area contributed by atoms with E-state index in [9.17, 15) is 32.5 Å². The number of nitrogens with one attached hydrogen (secondary N) is 1. The Morgan fingerprint density at radius 1 is 1.31 bits per heavy atom. The Balaban J connectivity index is 2.23. The first kappa shape index (κ1) is 19.1. The molecule has 0 bridgehead atoms. The van der Waals surface area contributed by atoms with Crippen LogP contribution in [0.3, 0.4) is 0 Å². The minimum Gasteiger partial charge on any atom is -0.496 e. The molecule has 0 fully saturated rings. The molecule has 2 aromatic rings. The molecule has 0 aliphatic heterocycles. The Bertz CT molecular complexity index is 825. The van der Waals surface area contributed by atoms with Crippen LogP contribution in [0.25, 0.3) is 0 Å². The van der Waals surface area contributed by atoms with E-state index in [4.69, 9.17) is 4.74 Å². The van der Waals surface area contributed by atoms with E-state index >= 15 is 0 Å². The van der Waals surface area contributed by atoms with Gasteiger partial charge < -0.3 is 10.1 Å². The number of nitro benzene ring substituents is 1. The molecule has 0 atom stereocenters. The predicted molar refractivity (Wildman–Crippen MR) is 80.4 cm³/mol. The van der Waals surface area contributed by atoms with E-state index in [1.807, 2.05) is 0 Å². The molecular weight excluding hydrogens is 364 g/mol. The standard InChI is InChI=1S/C14H12F4N4O4/c1-26-7-2-3-8(10(4-7)22(24)25)19-12(23)6-21-11(14(17)18)5-9(20-21)13(15)16/h2-5,13-14H,6H2,1H3,(H,19,23). The van der Waals surface area contributed by atoms with Gasteiger partial charge in [-0.1, -0.05) is 0 Å². The van der Waals surface area contributed by atoms with Crippen LogP contribution < -0.4 is 10.1 Å². The van der Waals surface area contributed by atoms with Crippen molar-refractivity contribution in [1.82, 2.24) is 9.78 Å². The van der Waals surface area contributed by atoms with Crippen LogP contribution in [0.2, 0.25) is 0 Å². The van der Waals surface area contributed by atoms with Crippen LogP contribution in [0.1, 0.15) is 24.2 Å². The number of aromatic nitrogens is 2. The summed E-state index contributed by atoms with van der Waals surface area (Å²) >= 11 is 0. The smallest absolute Gasteiger partial charge is 0.296 e. The SMILES string of the molecule is COc1ccc(NC(=O)Cn2nc(C(F)F)cc2C(F)F)c([N+](=O)[O-])c1. The highest BCUT2D eigenvalue weighted by molar-refractivity contribution is 5.93. The summed E-state index contributed by atoms with van der Waals surface area (Å²) in [5, 5.41) is 16.5. The number of amides is 1. The van der Waals surface area contributed by atoms with Gasteiger partial charge in [-0.3, -0.25) is 19.6 Å². The number of carbonyl (C=O) groups excluding carboxylic acids is 1. The molecule has 0 saturated carbocycles. The molecule has 1 heterocycles. The van der Waals surface area contributed by atoms with Crippen molar-refractivity contribution in [3.05, 3.63) is 45.8 Å². The third-order valence-electron chi connectivity index (χ3n) is 3.25. The van der Waals surface area contributed by atoms with Crippen LogP contribution >= 0.6 is 0 Å². The van der Waals surface area contributed by atoms with Crippen molar-refractivity contribution in [3.63, 3.8) is 0 Å².